The number of aromatic nitrogens is 4. The second-order valence-corrected chi connectivity index (χ2v) is 6.43. The van der Waals surface area contributed by atoms with Crippen molar-refractivity contribution in [2.45, 2.75) is 20.8 Å². The van der Waals surface area contributed by atoms with E-state index in [1.807, 2.05) is 32.0 Å². The molecule has 0 spiro atoms. The van der Waals surface area contributed by atoms with Crippen molar-refractivity contribution in [2.24, 2.45) is 0 Å². The molecule has 8 nitrogen and oxygen atoms in total. The quantitative estimate of drug-likeness (QED) is 0.483. The summed E-state index contributed by atoms with van der Waals surface area (Å²) in [6, 6.07) is 12.2. The molecule has 3 aromatic rings. The van der Waals surface area contributed by atoms with Crippen LogP contribution < -0.4 is 10.6 Å². The van der Waals surface area contributed by atoms with Gasteiger partial charge in [0, 0.05) is 29.9 Å². The summed E-state index contributed by atoms with van der Waals surface area (Å²) in [5, 5.41) is 18.6. The highest BCUT2D eigenvalue weighted by atomic mass is 16.1. The van der Waals surface area contributed by atoms with E-state index in [1.165, 1.54) is 6.92 Å². The first-order valence-corrected chi connectivity index (χ1v) is 8.94. The van der Waals surface area contributed by atoms with Crippen molar-refractivity contribution in [1.29, 1.82) is 0 Å². The smallest absolute Gasteiger partial charge is 0.251 e. The number of carbonyl (C=O) groups excluding carboxylic acids is 2. The van der Waals surface area contributed by atoms with Crippen LogP contribution in [0.2, 0.25) is 0 Å². The third-order valence-electron chi connectivity index (χ3n) is 4.15. The van der Waals surface area contributed by atoms with Gasteiger partial charge in [-0.25, -0.2) is 4.68 Å². The first kappa shape index (κ1) is 19.2. The van der Waals surface area contributed by atoms with Gasteiger partial charge in [0.05, 0.1) is 5.69 Å². The lowest BCUT2D eigenvalue weighted by Gasteiger charge is -2.08. The van der Waals surface area contributed by atoms with Crippen LogP contribution in [0.4, 0.5) is 5.82 Å². The van der Waals surface area contributed by atoms with E-state index < -0.39 is 0 Å². The first-order valence-electron chi connectivity index (χ1n) is 8.94. The molecule has 0 aliphatic rings. The number of carbonyl (C=O) groups is 2. The summed E-state index contributed by atoms with van der Waals surface area (Å²) < 4.78 is 1.74. The van der Waals surface area contributed by atoms with E-state index in [2.05, 4.69) is 25.9 Å². The molecule has 0 aliphatic carbocycles. The molecule has 0 unspecified atom stereocenters. The Balaban J connectivity index is 1.48. The van der Waals surface area contributed by atoms with Gasteiger partial charge in [-0.3, -0.25) is 9.59 Å². The fourth-order valence-electron chi connectivity index (χ4n) is 2.72. The molecule has 0 fully saturated rings. The molecule has 0 saturated carbocycles. The minimum atomic E-state index is -0.192. The molecule has 8 heteroatoms. The second-order valence-electron chi connectivity index (χ2n) is 6.43. The van der Waals surface area contributed by atoms with Gasteiger partial charge in [0.15, 0.2) is 11.6 Å². The van der Waals surface area contributed by atoms with Gasteiger partial charge in [-0.2, -0.15) is 5.10 Å². The Bertz CT molecular complexity index is 977. The number of hydrogen-bond acceptors (Lipinski definition) is 6. The number of Topliss-reactive ketones (excluding diaryl/α,β-unsaturated/α-hetero) is 1. The Morgan fingerprint density at radius 2 is 1.68 bits per heavy atom. The normalized spacial score (nSPS) is 10.5. The Kier molecular flexibility index (Phi) is 5.78. The second kappa shape index (κ2) is 8.43. The summed E-state index contributed by atoms with van der Waals surface area (Å²) in [5.41, 5.74) is 3.01. The maximum Gasteiger partial charge on any atom is 0.251 e. The van der Waals surface area contributed by atoms with E-state index in [9.17, 15) is 9.59 Å². The number of nitrogens with zero attached hydrogens (tertiary/aromatic N) is 4. The summed E-state index contributed by atoms with van der Waals surface area (Å²) >= 11 is 0. The van der Waals surface area contributed by atoms with Gasteiger partial charge < -0.3 is 10.6 Å². The van der Waals surface area contributed by atoms with Gasteiger partial charge in [0.1, 0.15) is 5.82 Å². The lowest BCUT2D eigenvalue weighted by molar-refractivity contribution is 0.0953. The van der Waals surface area contributed by atoms with Gasteiger partial charge in [-0.1, -0.05) is 12.1 Å². The largest absolute Gasteiger partial charge is 0.367 e. The summed E-state index contributed by atoms with van der Waals surface area (Å²) in [7, 11) is 0. The molecule has 144 valence electrons. The number of ketones is 1. The van der Waals surface area contributed by atoms with Crippen molar-refractivity contribution in [3.8, 4) is 5.82 Å². The molecular weight excluding hydrogens is 356 g/mol. The predicted octanol–water partition coefficient (Wildman–Crippen LogP) is 2.32. The van der Waals surface area contributed by atoms with Crippen LogP contribution in [0.1, 0.15) is 39.0 Å². The van der Waals surface area contributed by atoms with Crippen molar-refractivity contribution in [3.05, 3.63) is 65.0 Å². The molecule has 0 saturated heterocycles. The minimum absolute atomic E-state index is 0.0267. The van der Waals surface area contributed by atoms with Gasteiger partial charge in [-0.05, 0) is 51.1 Å². The SMILES string of the molecule is CC(=O)c1ccc(C(=O)NCCNc2ccc(-n3nc(C)cc3C)nn2)cc1. The number of benzene rings is 1. The molecule has 3 rings (SSSR count). The fourth-order valence-corrected chi connectivity index (χ4v) is 2.72. The van der Waals surface area contributed by atoms with Crippen LogP contribution in [-0.4, -0.2) is 44.8 Å². The van der Waals surface area contributed by atoms with Gasteiger partial charge in [0.25, 0.3) is 5.91 Å². The van der Waals surface area contributed by atoms with E-state index in [0.29, 0.717) is 35.9 Å². The maximum atomic E-state index is 12.1. The van der Waals surface area contributed by atoms with Crippen molar-refractivity contribution < 1.29 is 9.59 Å². The molecule has 1 amide bonds. The van der Waals surface area contributed by atoms with Crippen molar-refractivity contribution in [2.75, 3.05) is 18.4 Å². The number of aryl methyl sites for hydroxylation is 2. The molecule has 2 N–H and O–H groups in total. The molecule has 2 heterocycles. The van der Waals surface area contributed by atoms with Crippen LogP contribution in [0.15, 0.2) is 42.5 Å². The first-order chi connectivity index (χ1) is 13.4. The monoisotopic (exact) mass is 378 g/mol. The fraction of sp³-hybridized carbons (Fsp3) is 0.250. The van der Waals surface area contributed by atoms with Crippen LogP contribution in [0, 0.1) is 13.8 Å². The van der Waals surface area contributed by atoms with Crippen LogP contribution in [0.25, 0.3) is 5.82 Å². The lowest BCUT2D eigenvalue weighted by atomic mass is 10.1. The van der Waals surface area contributed by atoms with E-state index in [4.69, 9.17) is 0 Å². The van der Waals surface area contributed by atoms with E-state index in [0.717, 1.165) is 11.4 Å². The third kappa shape index (κ3) is 4.59. The summed E-state index contributed by atoms with van der Waals surface area (Å²) in [6.45, 7) is 6.32. The molecular formula is C20H22N6O2. The van der Waals surface area contributed by atoms with Gasteiger partial charge in [-0.15, -0.1) is 10.2 Å². The van der Waals surface area contributed by atoms with Crippen LogP contribution >= 0.6 is 0 Å². The standard InChI is InChI=1S/C20H22N6O2/c1-13-12-14(2)26(25-13)19-9-8-18(23-24-19)21-10-11-22-20(28)17-6-4-16(5-7-17)15(3)27/h4-9,12H,10-11H2,1-3H3,(H,21,23)(H,22,28). The van der Waals surface area contributed by atoms with E-state index in [-0.39, 0.29) is 11.7 Å². The molecule has 0 aliphatic heterocycles. The van der Waals surface area contributed by atoms with E-state index in [1.54, 1.807) is 28.9 Å². The van der Waals surface area contributed by atoms with Crippen LogP contribution in [0.5, 0.6) is 0 Å². The Morgan fingerprint density at radius 1 is 0.964 bits per heavy atom. The summed E-state index contributed by atoms with van der Waals surface area (Å²) in [6.07, 6.45) is 0. The zero-order valence-electron chi connectivity index (χ0n) is 16.1. The number of nitrogens with one attached hydrogen (secondary N) is 2. The lowest BCUT2D eigenvalue weighted by Crippen LogP contribution is -2.29. The minimum Gasteiger partial charge on any atom is -0.367 e. The Labute approximate surface area is 163 Å². The average molecular weight is 378 g/mol. The third-order valence-corrected chi connectivity index (χ3v) is 4.15. The van der Waals surface area contributed by atoms with Crippen molar-refractivity contribution >= 4 is 17.5 Å². The highest BCUT2D eigenvalue weighted by molar-refractivity contribution is 5.97. The van der Waals surface area contributed by atoms with E-state index >= 15 is 0 Å². The van der Waals surface area contributed by atoms with Crippen LogP contribution in [-0.2, 0) is 0 Å². The molecule has 2 aromatic heterocycles. The highest BCUT2D eigenvalue weighted by Gasteiger charge is 2.07. The zero-order chi connectivity index (χ0) is 20.1. The van der Waals surface area contributed by atoms with Gasteiger partial charge >= 0.3 is 0 Å². The molecule has 0 atom stereocenters. The Hall–Kier alpha value is -3.55. The highest BCUT2D eigenvalue weighted by Crippen LogP contribution is 2.10. The average Bonchev–Trinajstić information content (AvgIpc) is 3.03. The molecule has 0 radical (unpaired) electrons. The summed E-state index contributed by atoms with van der Waals surface area (Å²) in [4.78, 5) is 23.4. The number of rotatable bonds is 7. The number of hydrogen-bond donors (Lipinski definition) is 2. The maximum absolute atomic E-state index is 12.1. The van der Waals surface area contributed by atoms with Gasteiger partial charge in [0.2, 0.25) is 0 Å². The molecule has 28 heavy (non-hydrogen) atoms. The predicted molar refractivity (Wildman–Crippen MR) is 106 cm³/mol. The molecule has 1 aromatic carbocycles. The van der Waals surface area contributed by atoms with Crippen molar-refractivity contribution in [1.82, 2.24) is 25.3 Å². The van der Waals surface area contributed by atoms with Crippen molar-refractivity contribution in [3.63, 3.8) is 0 Å². The number of anilines is 1. The Morgan fingerprint density at radius 3 is 2.25 bits per heavy atom. The zero-order valence-corrected chi connectivity index (χ0v) is 16.1. The topological polar surface area (TPSA) is 102 Å². The number of amides is 1. The summed E-state index contributed by atoms with van der Waals surface area (Å²) in [5.74, 6) is 1.05. The van der Waals surface area contributed by atoms with Crippen LogP contribution in [0.3, 0.4) is 0 Å². The molecule has 0 bridgehead atoms.